The summed E-state index contributed by atoms with van der Waals surface area (Å²) in [6, 6.07) is 4.62. The predicted octanol–water partition coefficient (Wildman–Crippen LogP) is 3.50. The van der Waals surface area contributed by atoms with E-state index in [0.717, 1.165) is 19.5 Å². The Morgan fingerprint density at radius 1 is 1.50 bits per heavy atom. The average molecular weight is 349 g/mol. The molecule has 1 saturated heterocycles. The third-order valence-electron chi connectivity index (χ3n) is 4.13. The third-order valence-corrected chi connectivity index (χ3v) is 4.48. The Labute approximate surface area is 142 Å². The number of carbonyl (C=O) groups excluding carboxylic acids is 1. The molecule has 22 heavy (non-hydrogen) atoms. The quantitative estimate of drug-likeness (QED) is 0.853. The van der Waals surface area contributed by atoms with Gasteiger partial charge in [-0.2, -0.15) is 0 Å². The molecule has 0 spiro atoms. The molecule has 6 heteroatoms. The van der Waals surface area contributed by atoms with Crippen LogP contribution < -0.4 is 5.32 Å². The first-order valence-corrected chi connectivity index (χ1v) is 7.84. The van der Waals surface area contributed by atoms with Crippen LogP contribution in [0.2, 0.25) is 5.02 Å². The average Bonchev–Trinajstić information content (AvgIpc) is 2.39. The Hall–Kier alpha value is -0.840. The molecule has 1 aliphatic heterocycles. The summed E-state index contributed by atoms with van der Waals surface area (Å²) in [4.78, 5) is 14.4. The molecule has 1 aromatic carbocycles. The van der Waals surface area contributed by atoms with Gasteiger partial charge in [0.15, 0.2) is 0 Å². The fraction of sp³-hybridized carbons (Fsp3) is 0.562. The standard InChI is InChI=1S/C16H22ClFN2O.ClH/c1-3-7-20(16(21)11(2)12-8-19-9-12)10-13-14(17)5-4-6-15(13)18;/h4-6,11-12,19H,3,7-10H2,1-2H3;1H. The monoisotopic (exact) mass is 348 g/mol. The first kappa shape index (κ1) is 19.2. The van der Waals surface area contributed by atoms with Crippen LogP contribution in [0.15, 0.2) is 18.2 Å². The molecule has 0 saturated carbocycles. The molecule has 0 aromatic heterocycles. The van der Waals surface area contributed by atoms with Crippen molar-refractivity contribution >= 4 is 29.9 Å². The second kappa shape index (κ2) is 8.70. The van der Waals surface area contributed by atoms with E-state index in [0.29, 0.717) is 23.0 Å². The maximum absolute atomic E-state index is 13.9. The lowest BCUT2D eigenvalue weighted by Gasteiger charge is -2.35. The summed E-state index contributed by atoms with van der Waals surface area (Å²) in [5, 5.41) is 3.56. The summed E-state index contributed by atoms with van der Waals surface area (Å²) in [6.07, 6.45) is 0.841. The van der Waals surface area contributed by atoms with Crippen LogP contribution in [-0.2, 0) is 11.3 Å². The van der Waals surface area contributed by atoms with Crippen molar-refractivity contribution in [2.24, 2.45) is 11.8 Å². The van der Waals surface area contributed by atoms with Gasteiger partial charge in [-0.05, 0) is 37.6 Å². The van der Waals surface area contributed by atoms with Gasteiger partial charge in [-0.15, -0.1) is 12.4 Å². The Kier molecular flexibility index (Phi) is 7.60. The zero-order valence-corrected chi connectivity index (χ0v) is 14.5. The molecular weight excluding hydrogens is 326 g/mol. The van der Waals surface area contributed by atoms with Gasteiger partial charge in [0.05, 0.1) is 0 Å². The zero-order chi connectivity index (χ0) is 15.4. The maximum atomic E-state index is 13.9. The van der Waals surface area contributed by atoms with Gasteiger partial charge in [-0.3, -0.25) is 4.79 Å². The minimum Gasteiger partial charge on any atom is -0.338 e. The number of hydrogen-bond donors (Lipinski definition) is 1. The molecule has 1 atom stereocenters. The van der Waals surface area contributed by atoms with Crippen LogP contribution in [-0.4, -0.2) is 30.4 Å². The van der Waals surface area contributed by atoms with Crippen molar-refractivity contribution < 1.29 is 9.18 Å². The van der Waals surface area contributed by atoms with Gasteiger partial charge in [0.25, 0.3) is 0 Å². The van der Waals surface area contributed by atoms with Crippen molar-refractivity contribution in [1.29, 1.82) is 0 Å². The van der Waals surface area contributed by atoms with Crippen molar-refractivity contribution in [3.8, 4) is 0 Å². The number of carbonyl (C=O) groups is 1. The number of nitrogens with zero attached hydrogens (tertiary/aromatic N) is 1. The van der Waals surface area contributed by atoms with E-state index in [4.69, 9.17) is 11.6 Å². The molecule has 1 amide bonds. The molecule has 1 aromatic rings. The lowest BCUT2D eigenvalue weighted by molar-refractivity contribution is -0.138. The van der Waals surface area contributed by atoms with Crippen molar-refractivity contribution in [2.45, 2.75) is 26.8 Å². The van der Waals surface area contributed by atoms with Crippen molar-refractivity contribution in [1.82, 2.24) is 10.2 Å². The summed E-state index contributed by atoms with van der Waals surface area (Å²) >= 11 is 6.07. The smallest absolute Gasteiger partial charge is 0.226 e. The molecule has 0 aliphatic carbocycles. The third kappa shape index (κ3) is 4.34. The normalized spacial score (nSPS) is 15.6. The lowest BCUT2D eigenvalue weighted by Crippen LogP contribution is -2.50. The highest BCUT2D eigenvalue weighted by Gasteiger charge is 2.31. The number of benzene rings is 1. The van der Waals surface area contributed by atoms with Crippen LogP contribution >= 0.6 is 24.0 Å². The van der Waals surface area contributed by atoms with Gasteiger partial charge in [0, 0.05) is 29.6 Å². The number of halogens is 3. The van der Waals surface area contributed by atoms with Crippen LogP contribution in [0.4, 0.5) is 4.39 Å². The van der Waals surface area contributed by atoms with E-state index in [9.17, 15) is 9.18 Å². The molecule has 1 fully saturated rings. The highest BCUT2D eigenvalue weighted by Crippen LogP contribution is 2.24. The fourth-order valence-corrected chi connectivity index (χ4v) is 2.79. The molecule has 1 aliphatic rings. The van der Waals surface area contributed by atoms with E-state index in [1.807, 2.05) is 13.8 Å². The molecule has 2 rings (SSSR count). The predicted molar refractivity (Wildman–Crippen MR) is 89.9 cm³/mol. The second-order valence-electron chi connectivity index (χ2n) is 5.67. The van der Waals surface area contributed by atoms with Gasteiger partial charge in [-0.1, -0.05) is 31.5 Å². The maximum Gasteiger partial charge on any atom is 0.226 e. The van der Waals surface area contributed by atoms with Gasteiger partial charge in [0.1, 0.15) is 5.82 Å². The van der Waals surface area contributed by atoms with E-state index in [1.165, 1.54) is 6.07 Å². The number of nitrogens with one attached hydrogen (secondary N) is 1. The Balaban J connectivity index is 0.00000242. The van der Waals surface area contributed by atoms with Crippen molar-refractivity contribution in [2.75, 3.05) is 19.6 Å². The summed E-state index contributed by atoms with van der Waals surface area (Å²) in [5.74, 6) is 0.0772. The Morgan fingerprint density at radius 3 is 2.68 bits per heavy atom. The topological polar surface area (TPSA) is 32.3 Å². The molecule has 124 valence electrons. The van der Waals surface area contributed by atoms with Gasteiger partial charge in [-0.25, -0.2) is 4.39 Å². The molecule has 1 heterocycles. The second-order valence-corrected chi connectivity index (χ2v) is 6.07. The molecular formula is C16H23Cl2FN2O. The van der Waals surface area contributed by atoms with Crippen LogP contribution in [0.1, 0.15) is 25.8 Å². The highest BCUT2D eigenvalue weighted by atomic mass is 35.5. The Morgan fingerprint density at radius 2 is 2.18 bits per heavy atom. The summed E-state index contributed by atoms with van der Waals surface area (Å²) in [6.45, 7) is 6.59. The summed E-state index contributed by atoms with van der Waals surface area (Å²) in [5.41, 5.74) is 0.403. The van der Waals surface area contributed by atoms with E-state index >= 15 is 0 Å². The van der Waals surface area contributed by atoms with E-state index < -0.39 is 0 Å². The minimum absolute atomic E-state index is 0. The number of rotatable bonds is 6. The van der Waals surface area contributed by atoms with Crippen LogP contribution in [0, 0.1) is 17.7 Å². The van der Waals surface area contributed by atoms with Gasteiger partial charge < -0.3 is 10.2 Å². The molecule has 0 bridgehead atoms. The van der Waals surface area contributed by atoms with Gasteiger partial charge >= 0.3 is 0 Å². The number of hydrogen-bond acceptors (Lipinski definition) is 2. The van der Waals surface area contributed by atoms with E-state index in [1.54, 1.807) is 17.0 Å². The van der Waals surface area contributed by atoms with Gasteiger partial charge in [0.2, 0.25) is 5.91 Å². The SMILES string of the molecule is CCCN(Cc1c(F)cccc1Cl)C(=O)C(C)C1CNC1.Cl. The van der Waals surface area contributed by atoms with Crippen molar-refractivity contribution in [3.05, 3.63) is 34.6 Å². The molecule has 0 radical (unpaired) electrons. The van der Waals surface area contributed by atoms with E-state index in [-0.39, 0.29) is 36.6 Å². The van der Waals surface area contributed by atoms with Crippen LogP contribution in [0.3, 0.4) is 0 Å². The summed E-state index contributed by atoms with van der Waals surface area (Å²) < 4.78 is 13.9. The van der Waals surface area contributed by atoms with E-state index in [2.05, 4.69) is 5.32 Å². The molecule has 1 unspecified atom stereocenters. The number of amides is 1. The molecule has 1 N–H and O–H groups in total. The largest absolute Gasteiger partial charge is 0.338 e. The highest BCUT2D eigenvalue weighted by molar-refractivity contribution is 6.31. The zero-order valence-electron chi connectivity index (χ0n) is 12.9. The van der Waals surface area contributed by atoms with Crippen LogP contribution in [0.25, 0.3) is 0 Å². The Bertz CT molecular complexity index is 489. The fourth-order valence-electron chi connectivity index (χ4n) is 2.57. The van der Waals surface area contributed by atoms with Crippen molar-refractivity contribution in [3.63, 3.8) is 0 Å². The first-order chi connectivity index (χ1) is 10.0. The van der Waals surface area contributed by atoms with Crippen LogP contribution in [0.5, 0.6) is 0 Å². The molecule has 3 nitrogen and oxygen atoms in total. The lowest BCUT2D eigenvalue weighted by atomic mass is 9.88. The first-order valence-electron chi connectivity index (χ1n) is 7.47. The minimum atomic E-state index is -0.352. The summed E-state index contributed by atoms with van der Waals surface area (Å²) in [7, 11) is 0.